The van der Waals surface area contributed by atoms with Crippen molar-refractivity contribution in [3.05, 3.63) is 0 Å². The SMILES string of the molecule is CCCCCCCCCOC(CCCCCCCCC)C(=O)O. The Morgan fingerprint density at radius 3 is 1.65 bits per heavy atom. The second kappa shape index (κ2) is 17.8. The number of ether oxygens (including phenoxy) is 1. The Hall–Kier alpha value is -0.570. The first-order valence-corrected chi connectivity index (χ1v) is 10.1. The molecule has 0 fully saturated rings. The van der Waals surface area contributed by atoms with Crippen molar-refractivity contribution in [2.24, 2.45) is 0 Å². The van der Waals surface area contributed by atoms with Gasteiger partial charge in [0.25, 0.3) is 0 Å². The Balaban J connectivity index is 3.50. The van der Waals surface area contributed by atoms with Crippen LogP contribution in [0.25, 0.3) is 0 Å². The summed E-state index contributed by atoms with van der Waals surface area (Å²) < 4.78 is 5.58. The van der Waals surface area contributed by atoms with Crippen molar-refractivity contribution in [1.29, 1.82) is 0 Å². The molecular formula is C20H40O3. The molecule has 0 saturated heterocycles. The molecule has 0 rings (SSSR count). The highest BCUT2D eigenvalue weighted by Crippen LogP contribution is 2.13. The maximum Gasteiger partial charge on any atom is 0.332 e. The quantitative estimate of drug-likeness (QED) is 0.298. The minimum absolute atomic E-state index is 0.592. The number of carbonyl (C=O) groups is 1. The van der Waals surface area contributed by atoms with Gasteiger partial charge in [-0.25, -0.2) is 4.79 Å². The first-order chi connectivity index (χ1) is 11.2. The van der Waals surface area contributed by atoms with E-state index >= 15 is 0 Å². The van der Waals surface area contributed by atoms with Crippen LogP contribution in [0.4, 0.5) is 0 Å². The van der Waals surface area contributed by atoms with Gasteiger partial charge in [-0.2, -0.15) is 0 Å². The lowest BCUT2D eigenvalue weighted by Crippen LogP contribution is -2.24. The minimum atomic E-state index is -0.793. The smallest absolute Gasteiger partial charge is 0.332 e. The van der Waals surface area contributed by atoms with E-state index in [0.717, 1.165) is 25.7 Å². The molecule has 138 valence electrons. The standard InChI is InChI=1S/C20H40O3/c1-3-5-7-9-11-13-15-17-19(20(21)22)23-18-16-14-12-10-8-6-4-2/h19H,3-18H2,1-2H3,(H,21,22). The fraction of sp³-hybridized carbons (Fsp3) is 0.950. The predicted molar refractivity (Wildman–Crippen MR) is 98.0 cm³/mol. The Kier molecular flexibility index (Phi) is 17.3. The summed E-state index contributed by atoms with van der Waals surface area (Å²) in [5.41, 5.74) is 0. The normalized spacial score (nSPS) is 12.4. The topological polar surface area (TPSA) is 46.5 Å². The zero-order chi connectivity index (χ0) is 17.2. The molecule has 0 aliphatic rings. The maximum absolute atomic E-state index is 11.2. The fourth-order valence-corrected chi connectivity index (χ4v) is 2.85. The van der Waals surface area contributed by atoms with Gasteiger partial charge in [-0.1, -0.05) is 97.3 Å². The van der Waals surface area contributed by atoms with Crippen LogP contribution in [0.15, 0.2) is 0 Å². The summed E-state index contributed by atoms with van der Waals surface area (Å²) in [5.74, 6) is -0.793. The van der Waals surface area contributed by atoms with Crippen molar-refractivity contribution in [2.75, 3.05) is 6.61 Å². The highest BCUT2D eigenvalue weighted by molar-refractivity contribution is 5.72. The van der Waals surface area contributed by atoms with E-state index < -0.39 is 12.1 Å². The van der Waals surface area contributed by atoms with E-state index in [4.69, 9.17) is 4.74 Å². The van der Waals surface area contributed by atoms with Crippen molar-refractivity contribution in [2.45, 2.75) is 116 Å². The third kappa shape index (κ3) is 16.1. The van der Waals surface area contributed by atoms with E-state index in [9.17, 15) is 9.90 Å². The van der Waals surface area contributed by atoms with Crippen LogP contribution in [-0.2, 0) is 9.53 Å². The van der Waals surface area contributed by atoms with Gasteiger partial charge >= 0.3 is 5.97 Å². The lowest BCUT2D eigenvalue weighted by Gasteiger charge is -2.13. The van der Waals surface area contributed by atoms with Gasteiger partial charge < -0.3 is 9.84 Å². The molecule has 0 aliphatic carbocycles. The number of aliphatic carboxylic acids is 1. The van der Waals surface area contributed by atoms with Gasteiger partial charge in [0.15, 0.2) is 6.10 Å². The Morgan fingerprint density at radius 1 is 0.739 bits per heavy atom. The number of rotatable bonds is 18. The molecule has 0 heterocycles. The number of hydrogen-bond donors (Lipinski definition) is 1. The van der Waals surface area contributed by atoms with E-state index in [1.54, 1.807) is 0 Å². The zero-order valence-corrected chi connectivity index (χ0v) is 15.7. The van der Waals surface area contributed by atoms with Gasteiger partial charge in [0.05, 0.1) is 0 Å². The van der Waals surface area contributed by atoms with Gasteiger partial charge in [0, 0.05) is 6.61 Å². The Bertz CT molecular complexity index is 253. The molecule has 3 heteroatoms. The first-order valence-electron chi connectivity index (χ1n) is 10.1. The molecule has 0 amide bonds. The molecule has 0 aromatic heterocycles. The highest BCUT2D eigenvalue weighted by Gasteiger charge is 2.16. The van der Waals surface area contributed by atoms with Crippen LogP contribution in [0, 0.1) is 0 Å². The van der Waals surface area contributed by atoms with Crippen LogP contribution in [0.1, 0.15) is 110 Å². The molecule has 1 N–H and O–H groups in total. The number of carboxylic acids is 1. The molecule has 0 radical (unpaired) electrons. The van der Waals surface area contributed by atoms with E-state index in [0.29, 0.717) is 13.0 Å². The van der Waals surface area contributed by atoms with Crippen molar-refractivity contribution in [3.63, 3.8) is 0 Å². The van der Waals surface area contributed by atoms with Gasteiger partial charge in [0.1, 0.15) is 0 Å². The molecule has 23 heavy (non-hydrogen) atoms. The van der Waals surface area contributed by atoms with E-state index in [2.05, 4.69) is 13.8 Å². The van der Waals surface area contributed by atoms with E-state index in [1.165, 1.54) is 64.2 Å². The third-order valence-electron chi connectivity index (χ3n) is 4.41. The van der Waals surface area contributed by atoms with Crippen molar-refractivity contribution < 1.29 is 14.6 Å². The Labute approximate surface area is 144 Å². The fourth-order valence-electron chi connectivity index (χ4n) is 2.85. The Morgan fingerprint density at radius 2 is 1.17 bits per heavy atom. The summed E-state index contributed by atoms with van der Waals surface area (Å²) in [4.78, 5) is 11.2. The second-order valence-electron chi connectivity index (χ2n) is 6.73. The number of carboxylic acid groups (broad SMARTS) is 1. The van der Waals surface area contributed by atoms with Crippen LogP contribution in [0.5, 0.6) is 0 Å². The summed E-state index contributed by atoms with van der Waals surface area (Å²) in [6.07, 6.45) is 17.2. The van der Waals surface area contributed by atoms with Crippen LogP contribution < -0.4 is 0 Å². The van der Waals surface area contributed by atoms with Gasteiger partial charge in [-0.15, -0.1) is 0 Å². The first kappa shape index (κ1) is 22.4. The minimum Gasteiger partial charge on any atom is -0.479 e. The molecule has 0 aromatic carbocycles. The maximum atomic E-state index is 11.2. The van der Waals surface area contributed by atoms with Gasteiger partial charge in [0.2, 0.25) is 0 Å². The molecule has 0 bridgehead atoms. The van der Waals surface area contributed by atoms with Crippen LogP contribution in [0.3, 0.4) is 0 Å². The third-order valence-corrected chi connectivity index (χ3v) is 4.41. The van der Waals surface area contributed by atoms with Crippen LogP contribution in [-0.4, -0.2) is 23.8 Å². The van der Waals surface area contributed by atoms with Crippen molar-refractivity contribution >= 4 is 5.97 Å². The monoisotopic (exact) mass is 328 g/mol. The lowest BCUT2D eigenvalue weighted by molar-refractivity contribution is -0.151. The molecule has 0 aromatic rings. The molecule has 0 saturated carbocycles. The summed E-state index contributed by atoms with van der Waals surface area (Å²) >= 11 is 0. The van der Waals surface area contributed by atoms with Crippen molar-refractivity contribution in [1.82, 2.24) is 0 Å². The summed E-state index contributed by atoms with van der Waals surface area (Å²) in [6.45, 7) is 5.05. The summed E-state index contributed by atoms with van der Waals surface area (Å²) in [6, 6.07) is 0. The molecule has 1 atom stereocenters. The number of unbranched alkanes of at least 4 members (excludes halogenated alkanes) is 12. The number of hydrogen-bond acceptors (Lipinski definition) is 2. The highest BCUT2D eigenvalue weighted by atomic mass is 16.5. The molecule has 3 nitrogen and oxygen atoms in total. The molecule has 0 spiro atoms. The predicted octanol–water partition coefficient (Wildman–Crippen LogP) is 6.35. The largest absolute Gasteiger partial charge is 0.479 e. The molecule has 0 aliphatic heterocycles. The molecule has 1 unspecified atom stereocenters. The second-order valence-corrected chi connectivity index (χ2v) is 6.73. The van der Waals surface area contributed by atoms with Crippen molar-refractivity contribution in [3.8, 4) is 0 Å². The van der Waals surface area contributed by atoms with Crippen LogP contribution in [0.2, 0.25) is 0 Å². The summed E-state index contributed by atoms with van der Waals surface area (Å²) in [5, 5.41) is 9.22. The lowest BCUT2D eigenvalue weighted by atomic mass is 10.1. The summed E-state index contributed by atoms with van der Waals surface area (Å²) in [7, 11) is 0. The van der Waals surface area contributed by atoms with E-state index in [1.807, 2.05) is 0 Å². The van der Waals surface area contributed by atoms with E-state index in [-0.39, 0.29) is 0 Å². The zero-order valence-electron chi connectivity index (χ0n) is 15.7. The average Bonchev–Trinajstić information content (AvgIpc) is 2.54. The van der Waals surface area contributed by atoms with Crippen LogP contribution >= 0.6 is 0 Å². The average molecular weight is 329 g/mol. The van der Waals surface area contributed by atoms with Gasteiger partial charge in [-0.3, -0.25) is 0 Å². The van der Waals surface area contributed by atoms with Gasteiger partial charge in [-0.05, 0) is 12.8 Å². The molecular weight excluding hydrogens is 288 g/mol.